The first kappa shape index (κ1) is 10.4. The highest BCUT2D eigenvalue weighted by Crippen LogP contribution is 2.23. The van der Waals surface area contributed by atoms with Gasteiger partial charge >= 0.3 is 0 Å². The molecule has 2 aromatic carbocycles. The van der Waals surface area contributed by atoms with Gasteiger partial charge < -0.3 is 0 Å². The van der Waals surface area contributed by atoms with Gasteiger partial charge in [-0.25, -0.2) is 0 Å². The van der Waals surface area contributed by atoms with Crippen LogP contribution in [0, 0.1) is 6.42 Å². The van der Waals surface area contributed by atoms with Crippen molar-refractivity contribution in [3.63, 3.8) is 0 Å². The first-order valence-corrected chi connectivity index (χ1v) is 5.74. The van der Waals surface area contributed by atoms with Gasteiger partial charge in [-0.15, -0.1) is 0 Å². The summed E-state index contributed by atoms with van der Waals surface area (Å²) in [6.07, 6.45) is 2.10. The lowest BCUT2D eigenvalue weighted by atomic mass is 10.0. The lowest BCUT2D eigenvalue weighted by Gasteiger charge is -2.03. The van der Waals surface area contributed by atoms with Gasteiger partial charge in [-0.2, -0.15) is 0 Å². The van der Waals surface area contributed by atoms with E-state index in [9.17, 15) is 0 Å². The average molecular weight is 260 g/mol. The molecule has 2 rings (SSSR count). The summed E-state index contributed by atoms with van der Waals surface area (Å²) in [5.74, 6) is 0. The second kappa shape index (κ2) is 4.63. The van der Waals surface area contributed by atoms with Crippen LogP contribution in [-0.2, 0) is 0 Å². The van der Waals surface area contributed by atoms with Crippen molar-refractivity contribution in [3.8, 4) is 11.1 Å². The topological polar surface area (TPSA) is 0 Å². The standard InChI is InChI=1S/C14H12Br/c1-2-11-6-8-12(9-7-11)13-4-3-5-14(15)10-13/h2-10H,1H3. The van der Waals surface area contributed by atoms with Gasteiger partial charge in [-0.05, 0) is 35.2 Å². The molecule has 0 heterocycles. The van der Waals surface area contributed by atoms with Crippen molar-refractivity contribution in [2.75, 3.05) is 0 Å². The van der Waals surface area contributed by atoms with E-state index in [1.165, 1.54) is 16.7 Å². The molecule has 0 fully saturated rings. The van der Waals surface area contributed by atoms with Crippen LogP contribution in [0.15, 0.2) is 53.0 Å². The fourth-order valence-electron chi connectivity index (χ4n) is 1.54. The van der Waals surface area contributed by atoms with Crippen LogP contribution in [0.1, 0.15) is 12.5 Å². The maximum atomic E-state index is 3.48. The Balaban J connectivity index is 2.37. The van der Waals surface area contributed by atoms with Gasteiger partial charge in [0.2, 0.25) is 0 Å². The number of rotatable bonds is 2. The molecule has 0 amide bonds. The Morgan fingerprint density at radius 2 is 1.67 bits per heavy atom. The molecule has 0 unspecified atom stereocenters. The molecular weight excluding hydrogens is 248 g/mol. The summed E-state index contributed by atoms with van der Waals surface area (Å²) in [6.45, 7) is 2.05. The van der Waals surface area contributed by atoms with E-state index in [1.54, 1.807) is 0 Å². The van der Waals surface area contributed by atoms with Crippen molar-refractivity contribution in [3.05, 3.63) is 65.0 Å². The zero-order valence-electron chi connectivity index (χ0n) is 8.57. The van der Waals surface area contributed by atoms with Crippen LogP contribution >= 0.6 is 15.9 Å². The lowest BCUT2D eigenvalue weighted by molar-refractivity contribution is 1.42. The third kappa shape index (κ3) is 2.48. The van der Waals surface area contributed by atoms with Crippen LogP contribution in [0.5, 0.6) is 0 Å². The molecule has 0 aliphatic heterocycles. The first-order valence-electron chi connectivity index (χ1n) is 4.95. The molecule has 75 valence electrons. The Labute approximate surface area is 99.1 Å². The van der Waals surface area contributed by atoms with Crippen LogP contribution in [0.4, 0.5) is 0 Å². The normalized spacial score (nSPS) is 10.3. The molecular formula is C14H12Br. The van der Waals surface area contributed by atoms with Gasteiger partial charge in [0.15, 0.2) is 0 Å². The van der Waals surface area contributed by atoms with E-state index in [0.717, 1.165) is 4.47 Å². The minimum absolute atomic E-state index is 1.12. The maximum Gasteiger partial charge on any atom is 0.0181 e. The lowest BCUT2D eigenvalue weighted by Crippen LogP contribution is -1.80. The van der Waals surface area contributed by atoms with E-state index in [1.807, 2.05) is 13.0 Å². The highest BCUT2D eigenvalue weighted by atomic mass is 79.9. The zero-order chi connectivity index (χ0) is 10.7. The van der Waals surface area contributed by atoms with Crippen molar-refractivity contribution in [1.82, 2.24) is 0 Å². The Hall–Kier alpha value is -1.08. The summed E-state index contributed by atoms with van der Waals surface area (Å²) in [4.78, 5) is 0. The largest absolute Gasteiger partial charge is 0.0605 e. The summed E-state index contributed by atoms with van der Waals surface area (Å²) in [7, 11) is 0. The molecule has 0 nitrogen and oxygen atoms in total. The maximum absolute atomic E-state index is 3.48. The van der Waals surface area contributed by atoms with E-state index >= 15 is 0 Å². The number of hydrogen-bond donors (Lipinski definition) is 0. The molecule has 0 spiro atoms. The molecule has 0 atom stereocenters. The molecule has 0 aliphatic rings. The second-order valence-electron chi connectivity index (χ2n) is 3.42. The van der Waals surface area contributed by atoms with Gasteiger partial charge in [-0.1, -0.05) is 59.3 Å². The fourth-order valence-corrected chi connectivity index (χ4v) is 1.94. The fraction of sp³-hybridized carbons (Fsp3) is 0.0714. The number of benzene rings is 2. The van der Waals surface area contributed by atoms with E-state index < -0.39 is 0 Å². The molecule has 15 heavy (non-hydrogen) atoms. The van der Waals surface area contributed by atoms with Crippen molar-refractivity contribution in [2.45, 2.75) is 6.92 Å². The molecule has 0 saturated carbocycles. The van der Waals surface area contributed by atoms with Gasteiger partial charge in [0.05, 0.1) is 0 Å². The molecule has 0 aromatic heterocycles. The minimum atomic E-state index is 1.12. The molecule has 1 heteroatoms. The van der Waals surface area contributed by atoms with Crippen LogP contribution < -0.4 is 0 Å². The third-order valence-electron chi connectivity index (χ3n) is 2.40. The zero-order valence-corrected chi connectivity index (χ0v) is 10.2. The van der Waals surface area contributed by atoms with Crippen LogP contribution in [-0.4, -0.2) is 0 Å². The summed E-state index contributed by atoms with van der Waals surface area (Å²) in [6, 6.07) is 16.9. The predicted molar refractivity (Wildman–Crippen MR) is 68.7 cm³/mol. The molecule has 0 bridgehead atoms. The highest BCUT2D eigenvalue weighted by Gasteiger charge is 1.97. The van der Waals surface area contributed by atoms with Gasteiger partial charge in [0.1, 0.15) is 0 Å². The predicted octanol–water partition coefficient (Wildman–Crippen LogP) is 4.69. The Morgan fingerprint density at radius 3 is 2.27 bits per heavy atom. The Morgan fingerprint density at radius 1 is 0.933 bits per heavy atom. The van der Waals surface area contributed by atoms with E-state index in [4.69, 9.17) is 0 Å². The molecule has 0 N–H and O–H groups in total. The highest BCUT2D eigenvalue weighted by molar-refractivity contribution is 9.10. The first-order chi connectivity index (χ1) is 7.29. The molecule has 0 aliphatic carbocycles. The van der Waals surface area contributed by atoms with Crippen molar-refractivity contribution in [2.24, 2.45) is 0 Å². The van der Waals surface area contributed by atoms with Gasteiger partial charge in [0, 0.05) is 4.47 Å². The van der Waals surface area contributed by atoms with E-state index in [0.29, 0.717) is 0 Å². The Kier molecular flexibility index (Phi) is 3.22. The van der Waals surface area contributed by atoms with Crippen molar-refractivity contribution >= 4 is 15.9 Å². The summed E-state index contributed by atoms with van der Waals surface area (Å²) in [5, 5.41) is 0. The summed E-state index contributed by atoms with van der Waals surface area (Å²) in [5.41, 5.74) is 3.75. The quantitative estimate of drug-likeness (QED) is 0.734. The minimum Gasteiger partial charge on any atom is -0.0605 e. The van der Waals surface area contributed by atoms with Crippen LogP contribution in [0.2, 0.25) is 0 Å². The SMILES string of the molecule is C[CH]c1ccc(-c2cccc(Br)c2)cc1. The molecule has 0 saturated heterocycles. The second-order valence-corrected chi connectivity index (χ2v) is 4.34. The van der Waals surface area contributed by atoms with E-state index in [2.05, 4.69) is 64.8 Å². The van der Waals surface area contributed by atoms with Crippen LogP contribution in [0.3, 0.4) is 0 Å². The smallest absolute Gasteiger partial charge is 0.0181 e. The third-order valence-corrected chi connectivity index (χ3v) is 2.90. The van der Waals surface area contributed by atoms with Gasteiger partial charge in [0.25, 0.3) is 0 Å². The van der Waals surface area contributed by atoms with E-state index in [-0.39, 0.29) is 0 Å². The van der Waals surface area contributed by atoms with Crippen molar-refractivity contribution in [1.29, 1.82) is 0 Å². The number of halogens is 1. The summed E-state index contributed by atoms with van der Waals surface area (Å²) < 4.78 is 1.12. The number of hydrogen-bond acceptors (Lipinski definition) is 0. The Bertz CT molecular complexity index is 443. The summed E-state index contributed by atoms with van der Waals surface area (Å²) >= 11 is 3.48. The van der Waals surface area contributed by atoms with Crippen LogP contribution in [0.25, 0.3) is 11.1 Å². The molecule has 1 radical (unpaired) electrons. The monoisotopic (exact) mass is 259 g/mol. The molecule has 2 aromatic rings. The van der Waals surface area contributed by atoms with Gasteiger partial charge in [-0.3, -0.25) is 0 Å². The van der Waals surface area contributed by atoms with Crippen molar-refractivity contribution < 1.29 is 0 Å². The average Bonchev–Trinajstić information content (AvgIpc) is 2.29.